The third kappa shape index (κ3) is 5.21. The fourth-order valence-corrected chi connectivity index (χ4v) is 0.952. The van der Waals surface area contributed by atoms with Gasteiger partial charge in [0.1, 0.15) is 0 Å². The maximum atomic E-state index is 4.96. The van der Waals surface area contributed by atoms with Crippen LogP contribution in [0.3, 0.4) is 0 Å². The molecule has 1 rings (SSSR count). The normalized spacial score (nSPS) is 15.5. The molecule has 1 aliphatic carbocycles. The summed E-state index contributed by atoms with van der Waals surface area (Å²) >= 11 is -0.972. The predicted octanol–water partition coefficient (Wildman–Crippen LogP) is 3.86. The second-order valence-corrected chi connectivity index (χ2v) is 7.66. The molecule has 1 radical (unpaired) electrons. The summed E-state index contributed by atoms with van der Waals surface area (Å²) in [5.41, 5.74) is 4.19. The Morgan fingerprint density at radius 1 is 1.09 bits per heavy atom. The summed E-state index contributed by atoms with van der Waals surface area (Å²) < 4.78 is 0. The Morgan fingerprint density at radius 2 is 1.55 bits per heavy atom. The molecule has 0 fully saturated rings. The van der Waals surface area contributed by atoms with Gasteiger partial charge in [0.25, 0.3) is 0 Å². The van der Waals surface area contributed by atoms with Gasteiger partial charge in [-0.3, -0.25) is 0 Å². The van der Waals surface area contributed by atoms with Crippen molar-refractivity contribution in [3.8, 4) is 0 Å². The van der Waals surface area contributed by atoms with Crippen LogP contribution in [0.1, 0.15) is 20.8 Å². The zero-order valence-corrected chi connectivity index (χ0v) is 12.0. The third-order valence-corrected chi connectivity index (χ3v) is 1.51. The summed E-state index contributed by atoms with van der Waals surface area (Å²) in [5, 5.41) is 0. The van der Waals surface area contributed by atoms with E-state index in [2.05, 4.69) is 33.3 Å². The first-order valence-corrected chi connectivity index (χ1v) is 12.2. The van der Waals surface area contributed by atoms with E-state index in [1.165, 1.54) is 16.7 Å². The molecule has 0 saturated carbocycles. The zero-order chi connectivity index (χ0) is 8.85. The van der Waals surface area contributed by atoms with E-state index in [0.717, 1.165) is 0 Å². The number of allylic oxidation sites excluding steroid dienone is 4. The van der Waals surface area contributed by atoms with E-state index in [1.807, 2.05) is 0 Å². The van der Waals surface area contributed by atoms with Crippen LogP contribution < -0.4 is 0 Å². The quantitative estimate of drug-likeness (QED) is 0.578. The number of hydrogen-bond donors (Lipinski definition) is 0. The molecule has 0 spiro atoms. The molecular weight excluding hydrogens is 345 g/mol. The molecule has 1 aliphatic rings. The molecule has 0 saturated heterocycles. The van der Waals surface area contributed by atoms with Gasteiger partial charge >= 0.3 is 37.7 Å². The summed E-state index contributed by atoms with van der Waals surface area (Å²) in [6, 6.07) is 0. The summed E-state index contributed by atoms with van der Waals surface area (Å²) in [6.45, 7) is 6.41. The van der Waals surface area contributed by atoms with Crippen LogP contribution in [0.2, 0.25) is 0 Å². The van der Waals surface area contributed by atoms with Crippen LogP contribution >= 0.6 is 17.2 Å². The van der Waals surface area contributed by atoms with Crippen molar-refractivity contribution in [2.24, 2.45) is 0 Å². The van der Waals surface area contributed by atoms with E-state index in [-0.39, 0.29) is 0 Å². The van der Waals surface area contributed by atoms with Gasteiger partial charge in [-0.2, -0.15) is 0 Å². The van der Waals surface area contributed by atoms with Crippen molar-refractivity contribution in [1.29, 1.82) is 0 Å². The van der Waals surface area contributed by atoms with Crippen LogP contribution in [0.4, 0.5) is 0 Å². The van der Waals surface area contributed by atoms with Crippen LogP contribution in [-0.2, 0) is 20.5 Å². The Hall–Kier alpha value is 0.930. The Balaban J connectivity index is 0.000000292. The molecule has 0 nitrogen and oxygen atoms in total. The standard InChI is InChI=1S/C8H11.2ClH.Hf/c1-6-4-7(2)8(3)5-6;;;/h4-5H,1-3H3;2*1H;/q;;;+2/p-2. The predicted molar refractivity (Wildman–Crippen MR) is 48.1 cm³/mol. The molecule has 11 heavy (non-hydrogen) atoms. The summed E-state index contributed by atoms with van der Waals surface area (Å²) in [4.78, 5) is 0. The second kappa shape index (κ2) is 6.45. The SMILES string of the molecule is CC1=CC(C)=C(C)[CH]1.[Cl][Hf][Cl]. The molecule has 0 aromatic rings. The van der Waals surface area contributed by atoms with E-state index >= 15 is 0 Å². The van der Waals surface area contributed by atoms with Gasteiger partial charge in [0.05, 0.1) is 0 Å². The van der Waals surface area contributed by atoms with E-state index in [4.69, 9.17) is 17.2 Å². The molecule has 0 N–H and O–H groups in total. The van der Waals surface area contributed by atoms with Crippen molar-refractivity contribution >= 4 is 17.2 Å². The molecule has 0 aliphatic heterocycles. The molecule has 3 heteroatoms. The monoisotopic (exact) mass is 357 g/mol. The van der Waals surface area contributed by atoms with Gasteiger partial charge < -0.3 is 0 Å². The van der Waals surface area contributed by atoms with Crippen molar-refractivity contribution in [2.45, 2.75) is 20.8 Å². The van der Waals surface area contributed by atoms with Crippen molar-refractivity contribution in [2.75, 3.05) is 0 Å². The van der Waals surface area contributed by atoms with Crippen LogP contribution in [0.25, 0.3) is 0 Å². The average molecular weight is 357 g/mol. The molecule has 0 unspecified atom stereocenters. The van der Waals surface area contributed by atoms with E-state index in [9.17, 15) is 0 Å². The fraction of sp³-hybridized carbons (Fsp3) is 0.375. The third-order valence-electron chi connectivity index (χ3n) is 1.51. The Labute approximate surface area is 87.2 Å². The van der Waals surface area contributed by atoms with Gasteiger partial charge in [-0.1, -0.05) is 22.8 Å². The first kappa shape index (κ1) is 11.9. The fourth-order valence-electron chi connectivity index (χ4n) is 0.952. The first-order chi connectivity index (χ1) is 5.11. The van der Waals surface area contributed by atoms with E-state index < -0.39 is 20.5 Å². The summed E-state index contributed by atoms with van der Waals surface area (Å²) in [7, 11) is 9.92. The van der Waals surface area contributed by atoms with Crippen LogP contribution in [-0.4, -0.2) is 0 Å². The van der Waals surface area contributed by atoms with Crippen molar-refractivity contribution in [1.82, 2.24) is 0 Å². The number of halogens is 2. The van der Waals surface area contributed by atoms with Gasteiger partial charge in [-0.15, -0.1) is 0 Å². The molecule has 0 amide bonds. The molecule has 0 aromatic heterocycles. The Kier molecular flexibility index (Phi) is 6.99. The first-order valence-electron chi connectivity index (χ1n) is 3.28. The van der Waals surface area contributed by atoms with Gasteiger partial charge in [0, 0.05) is 6.42 Å². The van der Waals surface area contributed by atoms with Crippen molar-refractivity contribution in [3.63, 3.8) is 0 Å². The minimum absolute atomic E-state index is 0.972. The van der Waals surface area contributed by atoms with Gasteiger partial charge in [0.2, 0.25) is 0 Å². The van der Waals surface area contributed by atoms with Gasteiger partial charge in [0.15, 0.2) is 0 Å². The molecule has 0 atom stereocenters. The van der Waals surface area contributed by atoms with E-state index in [0.29, 0.717) is 0 Å². The minimum atomic E-state index is -0.972. The molecule has 0 aromatic carbocycles. The number of rotatable bonds is 0. The Morgan fingerprint density at radius 3 is 1.64 bits per heavy atom. The van der Waals surface area contributed by atoms with Crippen molar-refractivity contribution in [3.05, 3.63) is 29.2 Å². The topological polar surface area (TPSA) is 0 Å². The van der Waals surface area contributed by atoms with Gasteiger partial charge in [-0.05, 0) is 20.8 Å². The van der Waals surface area contributed by atoms with Crippen LogP contribution in [0, 0.1) is 6.42 Å². The van der Waals surface area contributed by atoms with Gasteiger partial charge in [-0.25, -0.2) is 0 Å². The van der Waals surface area contributed by atoms with Crippen LogP contribution in [0.15, 0.2) is 22.8 Å². The number of hydrogen-bond acceptors (Lipinski definition) is 0. The molecule has 0 heterocycles. The van der Waals surface area contributed by atoms with Crippen LogP contribution in [0.5, 0.6) is 0 Å². The van der Waals surface area contributed by atoms with E-state index in [1.54, 1.807) is 0 Å². The Bertz CT molecular complexity index is 183. The maximum absolute atomic E-state index is 4.96. The summed E-state index contributed by atoms with van der Waals surface area (Å²) in [5.74, 6) is 0. The zero-order valence-electron chi connectivity index (χ0n) is 6.91. The average Bonchev–Trinajstić information content (AvgIpc) is 2.12. The molecule has 0 bridgehead atoms. The molecular formula is C8H11Cl2Hf. The van der Waals surface area contributed by atoms with Crippen molar-refractivity contribution < 1.29 is 20.5 Å². The molecule has 61 valence electrons. The second-order valence-electron chi connectivity index (χ2n) is 2.47. The summed E-state index contributed by atoms with van der Waals surface area (Å²) in [6.07, 6.45) is 4.41.